The van der Waals surface area contributed by atoms with Gasteiger partial charge in [-0.1, -0.05) is 0 Å². The van der Waals surface area contributed by atoms with Gasteiger partial charge in [-0.05, 0) is 32.3 Å². The Morgan fingerprint density at radius 3 is 2.60 bits per heavy atom. The maximum atomic E-state index is 12.5. The highest BCUT2D eigenvalue weighted by atomic mass is 16.4. The van der Waals surface area contributed by atoms with Gasteiger partial charge in [0, 0.05) is 13.6 Å². The van der Waals surface area contributed by atoms with Crippen molar-refractivity contribution >= 4 is 11.9 Å². The number of aryl methyl sites for hydroxylation is 2. The van der Waals surface area contributed by atoms with Gasteiger partial charge in [0.1, 0.15) is 11.6 Å². The lowest BCUT2D eigenvalue weighted by atomic mass is 10.1. The quantitative estimate of drug-likeness (QED) is 0.828. The highest BCUT2D eigenvalue weighted by Gasteiger charge is 2.36. The van der Waals surface area contributed by atoms with Crippen LogP contribution in [-0.2, 0) is 11.8 Å². The molecule has 1 aliphatic rings. The van der Waals surface area contributed by atoms with E-state index < -0.39 is 23.5 Å². The Balaban J connectivity index is 2.49. The summed E-state index contributed by atoms with van der Waals surface area (Å²) < 4.78 is 1.11. The molecule has 2 heterocycles. The maximum absolute atomic E-state index is 12.5. The number of aromatic nitrogens is 2. The zero-order valence-electron chi connectivity index (χ0n) is 11.7. The van der Waals surface area contributed by atoms with Gasteiger partial charge in [0.25, 0.3) is 11.5 Å². The van der Waals surface area contributed by atoms with Crippen LogP contribution in [0.4, 0.5) is 0 Å². The summed E-state index contributed by atoms with van der Waals surface area (Å²) in [4.78, 5) is 37.1. The van der Waals surface area contributed by atoms with E-state index in [0.717, 1.165) is 4.68 Å². The van der Waals surface area contributed by atoms with Crippen LogP contribution in [0.25, 0.3) is 0 Å². The summed E-state index contributed by atoms with van der Waals surface area (Å²) in [6.07, 6.45) is 1.05. The Kier molecular flexibility index (Phi) is 3.61. The van der Waals surface area contributed by atoms with Gasteiger partial charge in [-0.15, -0.1) is 0 Å². The van der Waals surface area contributed by atoms with E-state index in [0.29, 0.717) is 30.6 Å². The lowest BCUT2D eigenvalue weighted by Gasteiger charge is -2.22. The molecule has 1 amide bonds. The summed E-state index contributed by atoms with van der Waals surface area (Å²) in [5.41, 5.74) is 0.623. The summed E-state index contributed by atoms with van der Waals surface area (Å²) in [5.74, 6) is -1.55. The van der Waals surface area contributed by atoms with E-state index in [9.17, 15) is 14.4 Å². The Labute approximate surface area is 115 Å². The van der Waals surface area contributed by atoms with E-state index in [1.807, 2.05) is 0 Å². The number of amides is 1. The first-order valence-electron chi connectivity index (χ1n) is 6.43. The molecule has 7 heteroatoms. The van der Waals surface area contributed by atoms with Crippen molar-refractivity contribution in [2.75, 3.05) is 6.54 Å². The van der Waals surface area contributed by atoms with Crippen LogP contribution in [0.1, 0.15) is 34.5 Å². The average Bonchev–Trinajstić information content (AvgIpc) is 2.86. The molecule has 0 aromatic carbocycles. The molecule has 1 aromatic heterocycles. The number of hydrogen-bond donors (Lipinski definition) is 1. The summed E-state index contributed by atoms with van der Waals surface area (Å²) in [7, 11) is 1.48. The number of rotatable bonds is 2. The molecule has 0 saturated carbocycles. The van der Waals surface area contributed by atoms with E-state index in [4.69, 9.17) is 5.11 Å². The van der Waals surface area contributed by atoms with Gasteiger partial charge in [-0.25, -0.2) is 9.48 Å². The first kappa shape index (κ1) is 14.2. The van der Waals surface area contributed by atoms with Crippen LogP contribution in [-0.4, -0.2) is 44.3 Å². The van der Waals surface area contributed by atoms with Crippen LogP contribution in [0.2, 0.25) is 0 Å². The van der Waals surface area contributed by atoms with E-state index in [1.54, 1.807) is 13.8 Å². The number of carboxylic acids is 1. The van der Waals surface area contributed by atoms with Crippen molar-refractivity contribution in [1.29, 1.82) is 0 Å². The Bertz CT molecular complexity index is 635. The molecule has 7 nitrogen and oxygen atoms in total. The first-order chi connectivity index (χ1) is 9.34. The van der Waals surface area contributed by atoms with Crippen LogP contribution in [0.3, 0.4) is 0 Å². The van der Waals surface area contributed by atoms with Crippen LogP contribution in [0.15, 0.2) is 4.79 Å². The number of carbonyl (C=O) groups is 2. The molecule has 1 aromatic rings. The van der Waals surface area contributed by atoms with E-state index in [1.165, 1.54) is 11.9 Å². The van der Waals surface area contributed by atoms with Gasteiger partial charge in [0.15, 0.2) is 0 Å². The largest absolute Gasteiger partial charge is 0.480 e. The zero-order valence-corrected chi connectivity index (χ0v) is 11.7. The summed E-state index contributed by atoms with van der Waals surface area (Å²) in [6.45, 7) is 3.73. The second-order valence-corrected chi connectivity index (χ2v) is 5.01. The molecule has 20 heavy (non-hydrogen) atoms. The topological polar surface area (TPSA) is 92.5 Å². The van der Waals surface area contributed by atoms with Crippen LogP contribution in [0.5, 0.6) is 0 Å². The molecule has 1 fully saturated rings. The summed E-state index contributed by atoms with van der Waals surface area (Å²) >= 11 is 0. The third-order valence-corrected chi connectivity index (χ3v) is 3.74. The Hall–Kier alpha value is -2.18. The minimum Gasteiger partial charge on any atom is -0.480 e. The molecular weight excluding hydrogens is 262 g/mol. The van der Waals surface area contributed by atoms with Crippen molar-refractivity contribution in [3.05, 3.63) is 27.2 Å². The fraction of sp³-hybridized carbons (Fsp3) is 0.538. The van der Waals surface area contributed by atoms with Crippen molar-refractivity contribution < 1.29 is 14.7 Å². The second-order valence-electron chi connectivity index (χ2n) is 5.01. The molecule has 0 aliphatic carbocycles. The maximum Gasteiger partial charge on any atom is 0.326 e. The first-order valence-corrected chi connectivity index (χ1v) is 6.43. The number of hydrogen-bond acceptors (Lipinski definition) is 4. The molecule has 1 aliphatic heterocycles. The predicted molar refractivity (Wildman–Crippen MR) is 70.6 cm³/mol. The van der Waals surface area contributed by atoms with Crippen molar-refractivity contribution in [1.82, 2.24) is 14.7 Å². The summed E-state index contributed by atoms with van der Waals surface area (Å²) in [6, 6.07) is -0.847. The Morgan fingerprint density at radius 1 is 1.35 bits per heavy atom. The molecular formula is C13H17N3O4. The molecule has 1 unspecified atom stereocenters. The molecule has 2 rings (SSSR count). The lowest BCUT2D eigenvalue weighted by molar-refractivity contribution is -0.141. The van der Waals surface area contributed by atoms with Gasteiger partial charge < -0.3 is 10.0 Å². The third kappa shape index (κ3) is 2.19. The number of carbonyl (C=O) groups excluding carboxylic acids is 1. The fourth-order valence-electron chi connectivity index (χ4n) is 2.51. The summed E-state index contributed by atoms with van der Waals surface area (Å²) in [5, 5.41) is 13.2. The normalized spacial score (nSPS) is 18.4. The Morgan fingerprint density at radius 2 is 2.00 bits per heavy atom. The van der Waals surface area contributed by atoms with E-state index in [2.05, 4.69) is 5.10 Å². The SMILES string of the molecule is Cc1nn(C)c(=O)c(C(=O)N2CCCC2C(=O)O)c1C. The van der Waals surface area contributed by atoms with Gasteiger partial charge in [-0.2, -0.15) is 5.10 Å². The second kappa shape index (κ2) is 5.07. The fourth-order valence-corrected chi connectivity index (χ4v) is 2.51. The predicted octanol–water partition coefficient (Wildman–Crippen LogP) is 0.0863. The molecule has 1 saturated heterocycles. The van der Waals surface area contributed by atoms with Crippen molar-refractivity contribution in [3.63, 3.8) is 0 Å². The minimum absolute atomic E-state index is 0.0214. The third-order valence-electron chi connectivity index (χ3n) is 3.74. The van der Waals surface area contributed by atoms with Gasteiger partial charge in [-0.3, -0.25) is 9.59 Å². The van der Waals surface area contributed by atoms with Gasteiger partial charge in [0.2, 0.25) is 0 Å². The van der Waals surface area contributed by atoms with Crippen LogP contribution < -0.4 is 5.56 Å². The van der Waals surface area contributed by atoms with Gasteiger partial charge >= 0.3 is 5.97 Å². The molecule has 1 atom stereocenters. The smallest absolute Gasteiger partial charge is 0.326 e. The van der Waals surface area contributed by atoms with E-state index >= 15 is 0 Å². The highest BCUT2D eigenvalue weighted by Crippen LogP contribution is 2.20. The van der Waals surface area contributed by atoms with Gasteiger partial charge in [0.05, 0.1) is 5.69 Å². The molecule has 108 valence electrons. The van der Waals surface area contributed by atoms with E-state index in [-0.39, 0.29) is 5.56 Å². The molecule has 0 spiro atoms. The standard InChI is InChI=1S/C13H17N3O4/c1-7-8(2)14-15(3)11(17)10(7)12(18)16-6-4-5-9(16)13(19)20/h9H,4-6H2,1-3H3,(H,19,20). The van der Waals surface area contributed by atoms with Crippen LogP contribution >= 0.6 is 0 Å². The minimum atomic E-state index is -1.03. The van der Waals surface area contributed by atoms with Crippen molar-refractivity contribution in [2.45, 2.75) is 32.7 Å². The zero-order chi connectivity index (χ0) is 15.0. The number of likely N-dealkylation sites (tertiary alicyclic amines) is 1. The van der Waals surface area contributed by atoms with Crippen molar-refractivity contribution in [3.8, 4) is 0 Å². The van der Waals surface area contributed by atoms with Crippen molar-refractivity contribution in [2.24, 2.45) is 7.05 Å². The molecule has 1 N–H and O–H groups in total. The number of nitrogens with zero attached hydrogens (tertiary/aromatic N) is 3. The average molecular weight is 279 g/mol. The highest BCUT2D eigenvalue weighted by molar-refractivity contribution is 5.98. The number of aliphatic carboxylic acids is 1. The monoisotopic (exact) mass is 279 g/mol. The number of carboxylic acid groups (broad SMARTS) is 1. The molecule has 0 bridgehead atoms. The molecule has 0 radical (unpaired) electrons. The lowest BCUT2D eigenvalue weighted by Crippen LogP contribution is -2.43. The van der Waals surface area contributed by atoms with Crippen LogP contribution in [0, 0.1) is 13.8 Å².